The van der Waals surface area contributed by atoms with E-state index in [0.717, 1.165) is 6.07 Å². The van der Waals surface area contributed by atoms with Gasteiger partial charge in [0.05, 0.1) is 32.8 Å². The molecule has 0 spiro atoms. The summed E-state index contributed by atoms with van der Waals surface area (Å²) < 4.78 is 45.1. The van der Waals surface area contributed by atoms with Gasteiger partial charge >= 0.3 is 0 Å². The standard InChI is InChI=1S/C34H44O20/c1-11-23(39)25(41)28(44)32(49-11)48-10-21-31(54-34-29(45)26(42)24(40)20(9-35)52-34)27(43)30(46)33(53-21)50-13-6-15(37)22-16(38)8-18(51-19(22)7-13)12-3-4-17(47-2)14(36)5-12/h3-7,11,18,20-21,23-37,39-46H,8-10H2,1-2H3/t11-,18-,20+,21+,23-,24+,25+,26-,27+,28+,29+,30+,31+,32+,33+,34-/m0/s1. The van der Waals surface area contributed by atoms with E-state index in [0.29, 0.717) is 5.56 Å². The van der Waals surface area contributed by atoms with Crippen LogP contribution in [0.25, 0.3) is 0 Å². The van der Waals surface area contributed by atoms with Crippen molar-refractivity contribution >= 4 is 5.78 Å². The first-order chi connectivity index (χ1) is 25.6. The summed E-state index contributed by atoms with van der Waals surface area (Å²) in [6.07, 6.45) is -26.1. The van der Waals surface area contributed by atoms with Crippen molar-refractivity contribution < 1.29 is 98.9 Å². The molecule has 20 nitrogen and oxygen atoms in total. The van der Waals surface area contributed by atoms with Crippen LogP contribution in [0.15, 0.2) is 30.3 Å². The van der Waals surface area contributed by atoms with Crippen LogP contribution in [0, 0.1) is 0 Å². The van der Waals surface area contributed by atoms with Gasteiger partial charge < -0.3 is 94.1 Å². The molecule has 54 heavy (non-hydrogen) atoms. The Hall–Kier alpha value is -3.45. The van der Waals surface area contributed by atoms with Crippen molar-refractivity contribution in [3.8, 4) is 28.7 Å². The SMILES string of the molecule is COc1ccc([C@@H]2CC(=O)c3c(O)cc(O[C@@H]4O[C@H](CO[C@@H]5O[C@@H](C)[C@H](O)[C@@H](O)[C@H]5O)[C@@H](O[C@@H]5O[C@H](CO)[C@@H](O)[C@H](O)[C@H]5O)[C@H](O)[C@H]4O)cc3O2)cc1O. The summed E-state index contributed by atoms with van der Waals surface area (Å²) in [5, 5.41) is 115. The minimum atomic E-state index is -1.96. The fourth-order valence-corrected chi connectivity index (χ4v) is 6.69. The molecule has 11 N–H and O–H groups in total. The third kappa shape index (κ3) is 7.81. The Morgan fingerprint density at radius 1 is 0.741 bits per heavy atom. The Bertz CT molecular complexity index is 1620. The fraction of sp³-hybridized carbons (Fsp3) is 0.618. The highest BCUT2D eigenvalue weighted by Gasteiger charge is 2.52. The number of ether oxygens (including phenoxy) is 8. The topological polar surface area (TPSA) is 313 Å². The normalized spacial score (nSPS) is 39.7. The molecule has 300 valence electrons. The molecule has 2 aromatic carbocycles. The Kier molecular flexibility index (Phi) is 12.2. The van der Waals surface area contributed by atoms with Crippen LogP contribution in [0.5, 0.6) is 28.7 Å². The minimum absolute atomic E-state index is 0.116. The molecular weight excluding hydrogens is 728 g/mol. The molecule has 6 rings (SSSR count). The number of Topliss-reactive ketones (excluding diaryl/α,β-unsaturated/α-hetero) is 1. The maximum atomic E-state index is 13.1. The van der Waals surface area contributed by atoms with Crippen molar-refractivity contribution in [2.75, 3.05) is 20.3 Å². The lowest BCUT2D eigenvalue weighted by Gasteiger charge is -2.46. The van der Waals surface area contributed by atoms with Gasteiger partial charge in [-0.05, 0) is 24.6 Å². The first kappa shape index (κ1) is 40.2. The monoisotopic (exact) mass is 772 g/mol. The molecule has 16 atom stereocenters. The fourth-order valence-electron chi connectivity index (χ4n) is 6.69. The average molecular weight is 773 g/mol. The largest absolute Gasteiger partial charge is 0.507 e. The van der Waals surface area contributed by atoms with Gasteiger partial charge in [-0.1, -0.05) is 6.07 Å². The van der Waals surface area contributed by atoms with E-state index in [2.05, 4.69) is 0 Å². The molecule has 0 bridgehead atoms. The predicted molar refractivity (Wildman–Crippen MR) is 173 cm³/mol. The maximum absolute atomic E-state index is 13.1. The summed E-state index contributed by atoms with van der Waals surface area (Å²) in [6, 6.07) is 6.71. The van der Waals surface area contributed by atoms with E-state index in [9.17, 15) is 61.0 Å². The number of aromatic hydroxyl groups is 2. The highest BCUT2D eigenvalue weighted by atomic mass is 16.8. The zero-order valence-corrected chi connectivity index (χ0v) is 28.8. The Balaban J connectivity index is 1.24. The summed E-state index contributed by atoms with van der Waals surface area (Å²) in [4.78, 5) is 13.1. The van der Waals surface area contributed by atoms with E-state index >= 15 is 0 Å². The quantitative estimate of drug-likeness (QED) is 0.112. The van der Waals surface area contributed by atoms with Crippen LogP contribution in [0.4, 0.5) is 0 Å². The molecule has 4 aliphatic rings. The summed E-state index contributed by atoms with van der Waals surface area (Å²) in [7, 11) is 1.37. The molecule has 3 saturated heterocycles. The molecule has 4 aliphatic heterocycles. The highest BCUT2D eigenvalue weighted by Crippen LogP contribution is 2.44. The molecule has 0 unspecified atom stereocenters. The number of phenolic OH excluding ortho intramolecular Hbond substituents is 2. The Morgan fingerprint density at radius 3 is 2.09 bits per heavy atom. The van der Waals surface area contributed by atoms with Crippen LogP contribution in [-0.2, 0) is 23.7 Å². The number of benzene rings is 2. The van der Waals surface area contributed by atoms with Gasteiger partial charge in [-0.25, -0.2) is 0 Å². The van der Waals surface area contributed by atoms with Crippen LogP contribution in [-0.4, -0.2) is 174 Å². The average Bonchev–Trinajstić information content (AvgIpc) is 3.14. The molecular formula is C34H44O20. The lowest BCUT2D eigenvalue weighted by molar-refractivity contribution is -0.359. The van der Waals surface area contributed by atoms with E-state index < -0.39 is 123 Å². The van der Waals surface area contributed by atoms with Gasteiger partial charge in [-0.15, -0.1) is 0 Å². The number of carbonyl (C=O) groups excluding carboxylic acids is 1. The predicted octanol–water partition coefficient (Wildman–Crippen LogP) is -3.33. The smallest absolute Gasteiger partial charge is 0.229 e. The molecule has 0 aromatic heterocycles. The van der Waals surface area contributed by atoms with Crippen LogP contribution >= 0.6 is 0 Å². The third-order valence-corrected chi connectivity index (χ3v) is 9.81. The van der Waals surface area contributed by atoms with Gasteiger partial charge in [0.1, 0.15) is 96.1 Å². The molecule has 4 heterocycles. The number of carbonyl (C=O) groups is 1. The van der Waals surface area contributed by atoms with E-state index in [4.69, 9.17) is 37.9 Å². The summed E-state index contributed by atoms with van der Waals surface area (Å²) in [5.74, 6) is -1.36. The van der Waals surface area contributed by atoms with Crippen molar-refractivity contribution in [1.29, 1.82) is 0 Å². The molecule has 0 amide bonds. The van der Waals surface area contributed by atoms with Crippen molar-refractivity contribution in [2.45, 2.75) is 112 Å². The maximum Gasteiger partial charge on any atom is 0.229 e. The van der Waals surface area contributed by atoms with Crippen LogP contribution in [0.3, 0.4) is 0 Å². The van der Waals surface area contributed by atoms with Crippen molar-refractivity contribution in [3.05, 3.63) is 41.5 Å². The zero-order chi connectivity index (χ0) is 39.2. The first-order valence-corrected chi connectivity index (χ1v) is 17.0. The lowest BCUT2D eigenvalue weighted by Crippen LogP contribution is -2.65. The number of methoxy groups -OCH3 is 1. The third-order valence-electron chi connectivity index (χ3n) is 9.81. The molecule has 0 radical (unpaired) electrons. The first-order valence-electron chi connectivity index (χ1n) is 17.0. The number of hydrogen-bond acceptors (Lipinski definition) is 20. The summed E-state index contributed by atoms with van der Waals surface area (Å²) in [6.45, 7) is -0.0296. The molecule has 3 fully saturated rings. The minimum Gasteiger partial charge on any atom is -0.507 e. The van der Waals surface area contributed by atoms with Crippen LogP contribution in [0.1, 0.15) is 35.4 Å². The number of ketones is 1. The van der Waals surface area contributed by atoms with Gasteiger partial charge in [0, 0.05) is 12.1 Å². The molecule has 2 aromatic rings. The molecule has 0 aliphatic carbocycles. The number of phenols is 2. The van der Waals surface area contributed by atoms with Gasteiger partial charge in [-0.2, -0.15) is 0 Å². The lowest BCUT2D eigenvalue weighted by atomic mass is 9.95. The van der Waals surface area contributed by atoms with E-state index in [1.165, 1.54) is 32.2 Å². The Morgan fingerprint density at radius 2 is 1.41 bits per heavy atom. The van der Waals surface area contributed by atoms with E-state index in [1.54, 1.807) is 6.07 Å². The van der Waals surface area contributed by atoms with Crippen molar-refractivity contribution in [2.24, 2.45) is 0 Å². The summed E-state index contributed by atoms with van der Waals surface area (Å²) >= 11 is 0. The van der Waals surface area contributed by atoms with Gasteiger partial charge in [0.2, 0.25) is 6.29 Å². The number of aliphatic hydroxyl groups excluding tert-OH is 9. The second-order valence-electron chi connectivity index (χ2n) is 13.4. The summed E-state index contributed by atoms with van der Waals surface area (Å²) in [5.41, 5.74) is 0.261. The van der Waals surface area contributed by atoms with Crippen LogP contribution < -0.4 is 14.2 Å². The van der Waals surface area contributed by atoms with Gasteiger partial charge in [0.25, 0.3) is 0 Å². The van der Waals surface area contributed by atoms with E-state index in [1.807, 2.05) is 0 Å². The van der Waals surface area contributed by atoms with Gasteiger partial charge in [-0.3, -0.25) is 4.79 Å². The second kappa shape index (κ2) is 16.3. The number of rotatable bonds is 10. The van der Waals surface area contributed by atoms with E-state index in [-0.39, 0.29) is 35.0 Å². The number of hydrogen-bond donors (Lipinski definition) is 11. The number of aliphatic hydroxyl groups is 9. The number of fused-ring (bicyclic) bond motifs is 1. The van der Waals surface area contributed by atoms with Crippen molar-refractivity contribution in [3.63, 3.8) is 0 Å². The van der Waals surface area contributed by atoms with Gasteiger partial charge in [0.15, 0.2) is 29.9 Å². The highest BCUT2D eigenvalue weighted by molar-refractivity contribution is 6.02. The van der Waals surface area contributed by atoms with Crippen LogP contribution in [0.2, 0.25) is 0 Å². The Labute approximate surface area is 306 Å². The van der Waals surface area contributed by atoms with Crippen molar-refractivity contribution in [1.82, 2.24) is 0 Å². The molecule has 20 heteroatoms. The second-order valence-corrected chi connectivity index (χ2v) is 13.4. The molecule has 0 saturated carbocycles. The zero-order valence-electron chi connectivity index (χ0n) is 28.8.